The Labute approximate surface area is 311 Å². The second-order valence-corrected chi connectivity index (χ2v) is 13.4. The topological polar surface area (TPSA) is 110 Å². The largest absolute Gasteiger partial charge is 1.00 e. The molecule has 0 bridgehead atoms. The van der Waals surface area contributed by atoms with Crippen LogP contribution in [0.25, 0.3) is 0 Å². The molecule has 1 aromatic carbocycles. The number of ether oxygens (including phenoxy) is 2. The maximum atomic E-state index is 12.6. The van der Waals surface area contributed by atoms with Crippen molar-refractivity contribution in [1.29, 1.82) is 0 Å². The van der Waals surface area contributed by atoms with Gasteiger partial charge in [-0.05, 0) is 25.0 Å². The van der Waals surface area contributed by atoms with Gasteiger partial charge in [-0.15, -0.1) is 0 Å². The number of unbranched alkanes of at least 4 members (excludes halogenated alkanes) is 20. The fraction of sp³-hybridized carbons (Fsp3) is 0.771. The molecule has 0 fully saturated rings. The van der Waals surface area contributed by atoms with E-state index in [1.165, 1.54) is 134 Å². The van der Waals surface area contributed by atoms with Crippen molar-refractivity contribution >= 4 is 22.1 Å². The zero-order chi connectivity index (χ0) is 31.6. The molecular formula is C35H59KO7S. The van der Waals surface area contributed by atoms with Crippen LogP contribution in [0.15, 0.2) is 24.3 Å². The van der Waals surface area contributed by atoms with Gasteiger partial charge in [-0.2, -0.15) is 0 Å². The summed E-state index contributed by atoms with van der Waals surface area (Å²) in [5.41, 5.74) is -1.90. The maximum absolute atomic E-state index is 12.6. The molecule has 248 valence electrons. The Balaban J connectivity index is 0.0000185. The van der Waals surface area contributed by atoms with Crippen LogP contribution in [0.2, 0.25) is 0 Å². The molecule has 1 unspecified atom stereocenters. The molecule has 9 heteroatoms. The van der Waals surface area contributed by atoms with E-state index < -0.39 is 27.5 Å². The second kappa shape index (κ2) is 28.9. The first kappa shape index (κ1) is 43.7. The van der Waals surface area contributed by atoms with Crippen LogP contribution in [-0.2, 0) is 19.6 Å². The molecule has 0 aliphatic heterocycles. The summed E-state index contributed by atoms with van der Waals surface area (Å²) in [5, 5.41) is 0. The summed E-state index contributed by atoms with van der Waals surface area (Å²) in [6, 6.07) is 5.91. The first-order chi connectivity index (χ1) is 20.8. The van der Waals surface area contributed by atoms with Crippen molar-refractivity contribution in [3.8, 4) is 0 Å². The fourth-order valence-corrected chi connectivity index (χ4v) is 6.03. The number of carbonyl (C=O) groups excluding carboxylic acids is 2. The first-order valence-electron chi connectivity index (χ1n) is 17.2. The summed E-state index contributed by atoms with van der Waals surface area (Å²) in [5.74, 6) is -1.70. The predicted octanol–water partition coefficient (Wildman–Crippen LogP) is 6.89. The minimum absolute atomic E-state index is 0. The summed E-state index contributed by atoms with van der Waals surface area (Å²) in [7, 11) is -4.82. The number of carbonyl (C=O) groups is 2. The van der Waals surface area contributed by atoms with Gasteiger partial charge in [0.15, 0.2) is 5.44 Å². The van der Waals surface area contributed by atoms with Crippen molar-refractivity contribution in [2.45, 2.75) is 167 Å². The van der Waals surface area contributed by atoms with Gasteiger partial charge in [0.1, 0.15) is 10.1 Å². The van der Waals surface area contributed by atoms with Gasteiger partial charge in [-0.1, -0.05) is 161 Å². The van der Waals surface area contributed by atoms with E-state index in [9.17, 15) is 22.6 Å². The van der Waals surface area contributed by atoms with E-state index in [2.05, 4.69) is 6.92 Å². The van der Waals surface area contributed by atoms with Gasteiger partial charge in [-0.3, -0.25) is 0 Å². The third-order valence-corrected chi connectivity index (χ3v) is 8.91. The SMILES string of the molecule is CCCCCCCCCCCCCCCCCCCCCCCOC(=O)c1ccccc1C(=O)OC(CCC)S(=O)(=O)[O-].[K+]. The van der Waals surface area contributed by atoms with Crippen LogP contribution in [0, 0.1) is 0 Å². The zero-order valence-corrected chi connectivity index (χ0v) is 32.1. The summed E-state index contributed by atoms with van der Waals surface area (Å²) < 4.78 is 44.5. The molecule has 1 aromatic rings. The standard InChI is InChI=1S/C35H60O7S.K/c1-3-5-6-7-8-9-10-11-12-13-14-15-16-17-18-19-20-21-22-23-26-30-41-34(36)31-28-24-25-29-32(31)35(37)42-33(27-4-2)43(38,39)40;/h24-25,28-29,33H,3-23,26-27,30H2,1-2H3,(H,38,39,40);/q;+1/p-1. The molecular weight excluding hydrogens is 604 g/mol. The van der Waals surface area contributed by atoms with Crippen LogP contribution in [0.5, 0.6) is 0 Å². The normalized spacial score (nSPS) is 12.0. The van der Waals surface area contributed by atoms with Crippen LogP contribution in [0.4, 0.5) is 0 Å². The Morgan fingerprint density at radius 3 is 1.34 bits per heavy atom. The summed E-state index contributed by atoms with van der Waals surface area (Å²) in [6.07, 6.45) is 27.6. The van der Waals surface area contributed by atoms with Crippen molar-refractivity contribution in [3.63, 3.8) is 0 Å². The van der Waals surface area contributed by atoms with Crippen molar-refractivity contribution in [3.05, 3.63) is 35.4 Å². The van der Waals surface area contributed by atoms with E-state index in [1.54, 1.807) is 13.0 Å². The van der Waals surface area contributed by atoms with Crippen LogP contribution in [-0.4, -0.2) is 37.0 Å². The van der Waals surface area contributed by atoms with Crippen LogP contribution in [0.1, 0.15) is 182 Å². The van der Waals surface area contributed by atoms with E-state index in [1.807, 2.05) is 0 Å². The van der Waals surface area contributed by atoms with Crippen molar-refractivity contribution in [1.82, 2.24) is 0 Å². The Morgan fingerprint density at radius 2 is 0.977 bits per heavy atom. The van der Waals surface area contributed by atoms with Gasteiger partial charge in [0.25, 0.3) is 0 Å². The minimum atomic E-state index is -4.82. The second-order valence-electron chi connectivity index (χ2n) is 11.9. The van der Waals surface area contributed by atoms with Crippen LogP contribution in [0.3, 0.4) is 0 Å². The third kappa shape index (κ3) is 22.3. The van der Waals surface area contributed by atoms with E-state index in [4.69, 9.17) is 9.47 Å². The molecule has 0 saturated carbocycles. The maximum Gasteiger partial charge on any atom is 1.00 e. The number of benzene rings is 1. The van der Waals surface area contributed by atoms with Crippen molar-refractivity contribution < 1.29 is 83.4 Å². The molecule has 1 rings (SSSR count). The fourth-order valence-electron chi connectivity index (χ4n) is 5.30. The van der Waals surface area contributed by atoms with Gasteiger partial charge in [0, 0.05) is 0 Å². The van der Waals surface area contributed by atoms with Gasteiger partial charge < -0.3 is 14.0 Å². The summed E-state index contributed by atoms with van der Waals surface area (Å²) in [6.45, 7) is 4.20. The minimum Gasteiger partial charge on any atom is -0.745 e. The van der Waals surface area contributed by atoms with Gasteiger partial charge in [0.05, 0.1) is 17.7 Å². The Hall–Kier alpha value is -0.294. The smallest absolute Gasteiger partial charge is 0.745 e. The average molecular weight is 663 g/mol. The molecule has 0 radical (unpaired) electrons. The molecule has 0 saturated heterocycles. The van der Waals surface area contributed by atoms with E-state index in [0.717, 1.165) is 19.3 Å². The van der Waals surface area contributed by atoms with Crippen LogP contribution < -0.4 is 51.4 Å². The van der Waals surface area contributed by atoms with Gasteiger partial charge >= 0.3 is 63.3 Å². The van der Waals surface area contributed by atoms with Crippen LogP contribution >= 0.6 is 0 Å². The molecule has 0 amide bonds. The first-order valence-corrected chi connectivity index (χ1v) is 18.7. The van der Waals surface area contributed by atoms with E-state index >= 15 is 0 Å². The number of rotatable bonds is 28. The molecule has 0 aromatic heterocycles. The van der Waals surface area contributed by atoms with Crippen molar-refractivity contribution in [2.24, 2.45) is 0 Å². The Kier molecular flexibility index (Phi) is 28.7. The molecule has 0 spiro atoms. The summed E-state index contributed by atoms with van der Waals surface area (Å²) in [4.78, 5) is 25.1. The molecule has 0 heterocycles. The zero-order valence-electron chi connectivity index (χ0n) is 28.1. The molecule has 1 atom stereocenters. The molecule has 44 heavy (non-hydrogen) atoms. The number of esters is 2. The van der Waals surface area contributed by atoms with Gasteiger partial charge in [0.2, 0.25) is 0 Å². The molecule has 0 aliphatic rings. The Morgan fingerprint density at radius 1 is 0.614 bits per heavy atom. The predicted molar refractivity (Wildman–Crippen MR) is 173 cm³/mol. The quantitative estimate of drug-likeness (QED) is 0.0416. The Bertz CT molecular complexity index is 968. The molecule has 0 aliphatic carbocycles. The monoisotopic (exact) mass is 662 g/mol. The third-order valence-electron chi connectivity index (χ3n) is 7.93. The average Bonchev–Trinajstić information content (AvgIpc) is 2.98. The molecule has 0 N–H and O–H groups in total. The number of hydrogen-bond donors (Lipinski definition) is 0. The summed E-state index contributed by atoms with van der Waals surface area (Å²) >= 11 is 0. The van der Waals surface area contributed by atoms with E-state index in [0.29, 0.717) is 6.42 Å². The van der Waals surface area contributed by atoms with Gasteiger partial charge in [-0.25, -0.2) is 18.0 Å². The molecule has 7 nitrogen and oxygen atoms in total. The van der Waals surface area contributed by atoms with E-state index in [-0.39, 0.29) is 75.5 Å². The van der Waals surface area contributed by atoms with Crippen molar-refractivity contribution in [2.75, 3.05) is 6.61 Å². The number of hydrogen-bond acceptors (Lipinski definition) is 7.